The van der Waals surface area contributed by atoms with Gasteiger partial charge in [-0.05, 0) is 24.6 Å². The Morgan fingerprint density at radius 3 is 2.73 bits per heavy atom. The van der Waals surface area contributed by atoms with E-state index in [-0.39, 0.29) is 6.42 Å². The van der Waals surface area contributed by atoms with Crippen LogP contribution in [0.2, 0.25) is 0 Å². The van der Waals surface area contributed by atoms with Crippen LogP contribution in [0.25, 0.3) is 0 Å². The minimum atomic E-state index is -1.08. The summed E-state index contributed by atoms with van der Waals surface area (Å²) in [4.78, 5) is 10.6. The first-order valence-corrected chi connectivity index (χ1v) is 4.69. The lowest BCUT2D eigenvalue weighted by atomic mass is 10.2. The zero-order valence-corrected chi connectivity index (χ0v) is 8.61. The van der Waals surface area contributed by atoms with Crippen LogP contribution in [0.1, 0.15) is 18.9 Å². The zero-order chi connectivity index (χ0) is 11.1. The fourth-order valence-corrected chi connectivity index (χ4v) is 1.61. The highest BCUT2D eigenvalue weighted by molar-refractivity contribution is 5.68. The van der Waals surface area contributed by atoms with Gasteiger partial charge >= 0.3 is 5.97 Å². The number of aliphatic carboxylic acids is 1. The van der Waals surface area contributed by atoms with Crippen LogP contribution < -0.4 is 9.47 Å². The van der Waals surface area contributed by atoms with E-state index >= 15 is 0 Å². The molecule has 1 heterocycles. The second-order valence-corrected chi connectivity index (χ2v) is 3.86. The molecule has 1 N–H and O–H groups in total. The molecular formula is C11H12O4. The Bertz CT molecular complexity index is 413. The third kappa shape index (κ3) is 1.88. The van der Waals surface area contributed by atoms with Crippen molar-refractivity contribution in [3.05, 3.63) is 23.8 Å². The normalized spacial score (nSPS) is 22.8. The van der Waals surface area contributed by atoms with E-state index in [9.17, 15) is 4.79 Å². The molecule has 1 aromatic carbocycles. The lowest BCUT2D eigenvalue weighted by Gasteiger charge is -2.20. The van der Waals surface area contributed by atoms with Crippen molar-refractivity contribution < 1.29 is 19.4 Å². The van der Waals surface area contributed by atoms with E-state index in [1.165, 1.54) is 0 Å². The average Bonchev–Trinajstić information content (AvgIpc) is 2.38. The van der Waals surface area contributed by atoms with Crippen LogP contribution in [0.3, 0.4) is 0 Å². The number of rotatable bonds is 2. The molecular weight excluding hydrogens is 196 g/mol. The number of aryl methyl sites for hydroxylation is 1. The van der Waals surface area contributed by atoms with Crippen molar-refractivity contribution in [2.75, 3.05) is 0 Å². The van der Waals surface area contributed by atoms with Gasteiger partial charge in [-0.2, -0.15) is 0 Å². The molecule has 0 saturated heterocycles. The average molecular weight is 208 g/mol. The van der Waals surface area contributed by atoms with E-state index in [2.05, 4.69) is 0 Å². The summed E-state index contributed by atoms with van der Waals surface area (Å²) in [5.74, 6) is -0.813. The molecule has 1 unspecified atom stereocenters. The van der Waals surface area contributed by atoms with Gasteiger partial charge in [-0.3, -0.25) is 4.79 Å². The van der Waals surface area contributed by atoms with Crippen LogP contribution in [-0.4, -0.2) is 16.9 Å². The van der Waals surface area contributed by atoms with Gasteiger partial charge in [-0.25, -0.2) is 0 Å². The van der Waals surface area contributed by atoms with Gasteiger partial charge in [0.25, 0.3) is 5.79 Å². The van der Waals surface area contributed by atoms with Crippen LogP contribution in [0.15, 0.2) is 18.2 Å². The maximum atomic E-state index is 10.6. The van der Waals surface area contributed by atoms with Gasteiger partial charge in [0.1, 0.15) is 6.42 Å². The summed E-state index contributed by atoms with van der Waals surface area (Å²) in [6, 6.07) is 5.52. The van der Waals surface area contributed by atoms with Crippen molar-refractivity contribution in [1.29, 1.82) is 0 Å². The molecule has 1 aliphatic rings. The SMILES string of the molecule is Cc1ccc2c(c1)OC(C)(CC(=O)O)O2. The van der Waals surface area contributed by atoms with Gasteiger partial charge in [0.05, 0.1) is 0 Å². The van der Waals surface area contributed by atoms with Crippen LogP contribution in [0, 0.1) is 6.92 Å². The summed E-state index contributed by atoms with van der Waals surface area (Å²) in [5.41, 5.74) is 1.05. The maximum absolute atomic E-state index is 10.6. The molecule has 0 aliphatic carbocycles. The predicted molar refractivity (Wildman–Crippen MR) is 53.1 cm³/mol. The van der Waals surface area contributed by atoms with Crippen LogP contribution in [0.4, 0.5) is 0 Å². The molecule has 80 valence electrons. The number of carboxylic acid groups (broad SMARTS) is 1. The molecule has 0 bridgehead atoms. The number of ether oxygens (including phenoxy) is 2. The Balaban J connectivity index is 2.24. The summed E-state index contributed by atoms with van der Waals surface area (Å²) in [5, 5.41) is 8.71. The molecule has 0 aromatic heterocycles. The molecule has 0 amide bonds. The van der Waals surface area contributed by atoms with Crippen molar-refractivity contribution in [3.63, 3.8) is 0 Å². The van der Waals surface area contributed by atoms with E-state index in [1.807, 2.05) is 19.1 Å². The first-order chi connectivity index (χ1) is 6.98. The largest absolute Gasteiger partial charge is 0.481 e. The summed E-state index contributed by atoms with van der Waals surface area (Å²) >= 11 is 0. The Labute approximate surface area is 87.4 Å². The first kappa shape index (κ1) is 9.83. The first-order valence-electron chi connectivity index (χ1n) is 4.69. The second-order valence-electron chi connectivity index (χ2n) is 3.86. The molecule has 1 aliphatic heterocycles. The van der Waals surface area contributed by atoms with Crippen molar-refractivity contribution >= 4 is 5.97 Å². The summed E-state index contributed by atoms with van der Waals surface area (Å²) < 4.78 is 10.9. The van der Waals surface area contributed by atoms with Crippen molar-refractivity contribution in [1.82, 2.24) is 0 Å². The van der Waals surface area contributed by atoms with E-state index in [0.717, 1.165) is 5.56 Å². The smallest absolute Gasteiger partial charge is 0.311 e. The van der Waals surface area contributed by atoms with Crippen LogP contribution in [-0.2, 0) is 4.79 Å². The number of benzene rings is 1. The van der Waals surface area contributed by atoms with Gasteiger partial charge in [-0.15, -0.1) is 0 Å². The fraction of sp³-hybridized carbons (Fsp3) is 0.364. The monoisotopic (exact) mass is 208 g/mol. The topological polar surface area (TPSA) is 55.8 Å². The molecule has 0 saturated carbocycles. The molecule has 4 heteroatoms. The van der Waals surface area contributed by atoms with E-state index in [1.54, 1.807) is 13.0 Å². The van der Waals surface area contributed by atoms with Gasteiger partial charge in [0.15, 0.2) is 11.5 Å². The molecule has 15 heavy (non-hydrogen) atoms. The van der Waals surface area contributed by atoms with Gasteiger partial charge in [-0.1, -0.05) is 6.07 Å². The van der Waals surface area contributed by atoms with E-state index in [4.69, 9.17) is 14.6 Å². The zero-order valence-electron chi connectivity index (χ0n) is 8.61. The highest BCUT2D eigenvalue weighted by atomic mass is 16.7. The molecule has 0 radical (unpaired) electrons. The Morgan fingerprint density at radius 2 is 2.07 bits per heavy atom. The molecule has 4 nitrogen and oxygen atoms in total. The molecule has 2 rings (SSSR count). The minimum Gasteiger partial charge on any atom is -0.481 e. The predicted octanol–water partition coefficient (Wildman–Crippen LogP) is 1.96. The summed E-state index contributed by atoms with van der Waals surface area (Å²) in [6.45, 7) is 3.56. The van der Waals surface area contributed by atoms with Crippen LogP contribution in [0.5, 0.6) is 11.5 Å². The summed E-state index contributed by atoms with van der Waals surface area (Å²) in [7, 11) is 0. The highest BCUT2D eigenvalue weighted by Crippen LogP contribution is 2.40. The molecule has 0 spiro atoms. The fourth-order valence-electron chi connectivity index (χ4n) is 1.61. The lowest BCUT2D eigenvalue weighted by molar-refractivity contribution is -0.149. The Hall–Kier alpha value is -1.71. The third-order valence-corrected chi connectivity index (χ3v) is 2.22. The van der Waals surface area contributed by atoms with Crippen molar-refractivity contribution in [2.24, 2.45) is 0 Å². The number of hydrogen-bond acceptors (Lipinski definition) is 3. The minimum absolute atomic E-state index is 0.180. The second kappa shape index (κ2) is 3.15. The Kier molecular flexibility index (Phi) is 2.07. The Morgan fingerprint density at radius 1 is 1.40 bits per heavy atom. The quantitative estimate of drug-likeness (QED) is 0.807. The highest BCUT2D eigenvalue weighted by Gasteiger charge is 2.38. The standard InChI is InChI=1S/C11H12O4/c1-7-3-4-8-9(5-7)15-11(2,14-8)6-10(12)13/h3-5H,6H2,1-2H3,(H,12,13). The lowest BCUT2D eigenvalue weighted by Crippen LogP contribution is -2.37. The van der Waals surface area contributed by atoms with Gasteiger partial charge in [0.2, 0.25) is 0 Å². The number of fused-ring (bicyclic) bond motifs is 1. The van der Waals surface area contributed by atoms with Gasteiger partial charge < -0.3 is 14.6 Å². The molecule has 1 atom stereocenters. The maximum Gasteiger partial charge on any atom is 0.311 e. The number of hydrogen-bond donors (Lipinski definition) is 1. The van der Waals surface area contributed by atoms with Gasteiger partial charge in [0, 0.05) is 6.92 Å². The molecule has 1 aromatic rings. The van der Waals surface area contributed by atoms with E-state index < -0.39 is 11.8 Å². The number of carboxylic acids is 1. The third-order valence-electron chi connectivity index (χ3n) is 2.22. The van der Waals surface area contributed by atoms with Crippen molar-refractivity contribution in [3.8, 4) is 11.5 Å². The number of carbonyl (C=O) groups is 1. The van der Waals surface area contributed by atoms with Crippen LogP contribution >= 0.6 is 0 Å². The van der Waals surface area contributed by atoms with Crippen molar-refractivity contribution in [2.45, 2.75) is 26.1 Å². The molecule has 0 fully saturated rings. The summed E-state index contributed by atoms with van der Waals surface area (Å²) in [6.07, 6.45) is -0.180. The van der Waals surface area contributed by atoms with E-state index in [0.29, 0.717) is 11.5 Å².